The number of benzene rings is 1. The SMILES string of the molecule is CC1CSC(Nc2ccc(C(N)=O)cc2)=NC1C. The van der Waals surface area contributed by atoms with Crippen molar-refractivity contribution in [1.29, 1.82) is 0 Å². The normalized spacial score (nSPS) is 23.3. The van der Waals surface area contributed by atoms with Gasteiger partial charge in [0.05, 0.1) is 6.04 Å². The van der Waals surface area contributed by atoms with E-state index in [1.54, 1.807) is 23.9 Å². The van der Waals surface area contributed by atoms with E-state index in [0.29, 0.717) is 17.5 Å². The molecule has 2 rings (SSSR count). The summed E-state index contributed by atoms with van der Waals surface area (Å²) in [5.41, 5.74) is 6.63. The average Bonchev–Trinajstić information content (AvgIpc) is 2.34. The highest BCUT2D eigenvalue weighted by molar-refractivity contribution is 8.14. The van der Waals surface area contributed by atoms with Crippen LogP contribution in [-0.4, -0.2) is 22.9 Å². The minimum absolute atomic E-state index is 0.346. The number of nitrogens with two attached hydrogens (primary N) is 1. The number of carbonyl (C=O) groups is 1. The smallest absolute Gasteiger partial charge is 0.248 e. The van der Waals surface area contributed by atoms with Crippen molar-refractivity contribution in [3.63, 3.8) is 0 Å². The molecule has 2 unspecified atom stereocenters. The van der Waals surface area contributed by atoms with E-state index >= 15 is 0 Å². The molecule has 4 nitrogen and oxygen atoms in total. The maximum Gasteiger partial charge on any atom is 0.248 e. The Kier molecular flexibility index (Phi) is 3.91. The summed E-state index contributed by atoms with van der Waals surface area (Å²) in [6.45, 7) is 4.34. The number of carbonyl (C=O) groups excluding carboxylic acids is 1. The van der Waals surface area contributed by atoms with Gasteiger partial charge in [0.25, 0.3) is 0 Å². The van der Waals surface area contributed by atoms with E-state index in [-0.39, 0.29) is 0 Å². The Morgan fingerprint density at radius 3 is 2.61 bits per heavy atom. The van der Waals surface area contributed by atoms with Crippen LogP contribution in [0.15, 0.2) is 29.3 Å². The Morgan fingerprint density at radius 1 is 1.39 bits per heavy atom. The van der Waals surface area contributed by atoms with Crippen molar-refractivity contribution < 1.29 is 4.79 Å². The molecule has 96 valence electrons. The van der Waals surface area contributed by atoms with Crippen LogP contribution >= 0.6 is 11.8 Å². The number of hydrogen-bond donors (Lipinski definition) is 2. The Balaban J connectivity index is 2.06. The molecule has 1 heterocycles. The first-order chi connectivity index (χ1) is 8.56. The second kappa shape index (κ2) is 5.44. The molecular weight excluding hydrogens is 246 g/mol. The lowest BCUT2D eigenvalue weighted by Gasteiger charge is -2.23. The summed E-state index contributed by atoms with van der Waals surface area (Å²) in [4.78, 5) is 15.5. The summed E-state index contributed by atoms with van der Waals surface area (Å²) in [6.07, 6.45) is 0. The van der Waals surface area contributed by atoms with Crippen molar-refractivity contribution in [1.82, 2.24) is 0 Å². The highest BCUT2D eigenvalue weighted by atomic mass is 32.2. The molecule has 1 aliphatic heterocycles. The van der Waals surface area contributed by atoms with Crippen molar-refractivity contribution in [3.8, 4) is 0 Å². The topological polar surface area (TPSA) is 67.5 Å². The minimum atomic E-state index is -0.409. The standard InChI is InChI=1S/C13H17N3OS/c1-8-7-18-13(15-9(8)2)16-11-5-3-10(4-6-11)12(14)17/h3-6,8-9H,7H2,1-2H3,(H2,14,17)(H,15,16). The van der Waals surface area contributed by atoms with Gasteiger partial charge in [-0.05, 0) is 37.1 Å². The van der Waals surface area contributed by atoms with Crippen LogP contribution in [-0.2, 0) is 0 Å². The van der Waals surface area contributed by atoms with Gasteiger partial charge in [-0.1, -0.05) is 18.7 Å². The minimum Gasteiger partial charge on any atom is -0.366 e. The van der Waals surface area contributed by atoms with Crippen LogP contribution in [0.3, 0.4) is 0 Å². The fourth-order valence-electron chi connectivity index (χ4n) is 1.61. The van der Waals surface area contributed by atoms with Gasteiger partial charge in [0.1, 0.15) is 0 Å². The first-order valence-electron chi connectivity index (χ1n) is 5.94. The number of hydrogen-bond acceptors (Lipinski definition) is 4. The molecule has 2 atom stereocenters. The lowest BCUT2D eigenvalue weighted by Crippen LogP contribution is -2.25. The zero-order valence-corrected chi connectivity index (χ0v) is 11.3. The van der Waals surface area contributed by atoms with Gasteiger partial charge in [0, 0.05) is 17.0 Å². The quantitative estimate of drug-likeness (QED) is 0.860. The van der Waals surface area contributed by atoms with Crippen LogP contribution in [0.25, 0.3) is 0 Å². The number of amidine groups is 1. The molecule has 1 amide bonds. The Labute approximate surface area is 111 Å². The van der Waals surface area contributed by atoms with Gasteiger partial charge in [-0.2, -0.15) is 0 Å². The first-order valence-corrected chi connectivity index (χ1v) is 6.92. The number of nitrogens with one attached hydrogen (secondary N) is 1. The molecular formula is C13H17N3OS. The Hall–Kier alpha value is -1.49. The van der Waals surface area contributed by atoms with Crippen molar-refractivity contribution >= 4 is 28.5 Å². The summed E-state index contributed by atoms with van der Waals surface area (Å²) in [5.74, 6) is 1.28. The predicted molar refractivity (Wildman–Crippen MR) is 77.1 cm³/mol. The maximum absolute atomic E-state index is 11.0. The summed E-state index contributed by atoms with van der Waals surface area (Å²) in [6, 6.07) is 7.45. The van der Waals surface area contributed by atoms with Crippen LogP contribution in [0.1, 0.15) is 24.2 Å². The van der Waals surface area contributed by atoms with Crippen LogP contribution in [0.5, 0.6) is 0 Å². The molecule has 0 aromatic heterocycles. The maximum atomic E-state index is 11.0. The highest BCUT2D eigenvalue weighted by Crippen LogP contribution is 2.23. The third-order valence-electron chi connectivity index (χ3n) is 3.05. The fraction of sp³-hybridized carbons (Fsp3) is 0.385. The number of anilines is 1. The van der Waals surface area contributed by atoms with Gasteiger partial charge in [-0.25, -0.2) is 0 Å². The molecule has 5 heteroatoms. The van der Waals surface area contributed by atoms with E-state index in [4.69, 9.17) is 5.73 Å². The van der Waals surface area contributed by atoms with Crippen molar-refractivity contribution in [3.05, 3.63) is 29.8 Å². The molecule has 1 aromatic carbocycles. The van der Waals surface area contributed by atoms with Crippen LogP contribution in [0.2, 0.25) is 0 Å². The summed E-state index contributed by atoms with van der Waals surface area (Å²) in [5, 5.41) is 4.20. The van der Waals surface area contributed by atoms with Crippen LogP contribution in [0, 0.1) is 5.92 Å². The predicted octanol–water partition coefficient (Wildman–Crippen LogP) is 2.32. The molecule has 0 radical (unpaired) electrons. The molecule has 1 aromatic rings. The third kappa shape index (κ3) is 3.04. The van der Waals surface area contributed by atoms with E-state index < -0.39 is 5.91 Å². The largest absolute Gasteiger partial charge is 0.366 e. The lowest BCUT2D eigenvalue weighted by molar-refractivity contribution is 0.100. The van der Waals surface area contributed by atoms with Crippen LogP contribution in [0.4, 0.5) is 5.69 Å². The Bertz CT molecular complexity index is 470. The van der Waals surface area contributed by atoms with Gasteiger partial charge in [-0.15, -0.1) is 0 Å². The molecule has 0 aliphatic carbocycles. The molecule has 0 fully saturated rings. The van der Waals surface area contributed by atoms with E-state index in [2.05, 4.69) is 24.2 Å². The first kappa shape index (κ1) is 13.0. The Morgan fingerprint density at radius 2 is 2.06 bits per heavy atom. The van der Waals surface area contributed by atoms with Gasteiger partial charge in [0.15, 0.2) is 5.17 Å². The van der Waals surface area contributed by atoms with E-state index in [9.17, 15) is 4.79 Å². The number of nitrogens with zero attached hydrogens (tertiary/aromatic N) is 1. The van der Waals surface area contributed by atoms with Gasteiger partial charge >= 0.3 is 0 Å². The molecule has 0 saturated carbocycles. The zero-order chi connectivity index (χ0) is 13.1. The lowest BCUT2D eigenvalue weighted by atomic mass is 10.1. The van der Waals surface area contributed by atoms with E-state index in [1.165, 1.54) is 0 Å². The van der Waals surface area contributed by atoms with Crippen LogP contribution < -0.4 is 11.1 Å². The highest BCUT2D eigenvalue weighted by Gasteiger charge is 2.19. The van der Waals surface area contributed by atoms with Crippen molar-refractivity contribution in [2.75, 3.05) is 11.1 Å². The zero-order valence-electron chi connectivity index (χ0n) is 10.5. The molecule has 18 heavy (non-hydrogen) atoms. The molecule has 3 N–H and O–H groups in total. The monoisotopic (exact) mass is 263 g/mol. The fourth-order valence-corrected chi connectivity index (χ4v) is 2.74. The van der Waals surface area contributed by atoms with E-state index in [1.807, 2.05) is 12.1 Å². The molecule has 0 bridgehead atoms. The average molecular weight is 263 g/mol. The van der Waals surface area contributed by atoms with Gasteiger partial charge in [0.2, 0.25) is 5.91 Å². The third-order valence-corrected chi connectivity index (χ3v) is 4.22. The molecule has 0 saturated heterocycles. The van der Waals surface area contributed by atoms with Crippen molar-refractivity contribution in [2.45, 2.75) is 19.9 Å². The number of rotatable bonds is 2. The molecule has 1 aliphatic rings. The second-order valence-electron chi connectivity index (χ2n) is 4.53. The van der Waals surface area contributed by atoms with Gasteiger partial charge in [-0.3, -0.25) is 9.79 Å². The van der Waals surface area contributed by atoms with Gasteiger partial charge < -0.3 is 11.1 Å². The number of aliphatic imine (C=N–C) groups is 1. The van der Waals surface area contributed by atoms with Crippen molar-refractivity contribution in [2.24, 2.45) is 16.6 Å². The number of primary amides is 1. The second-order valence-corrected chi connectivity index (χ2v) is 5.54. The summed E-state index contributed by atoms with van der Waals surface area (Å²) in [7, 11) is 0. The number of thioether (sulfide) groups is 1. The summed E-state index contributed by atoms with van der Waals surface area (Å²) < 4.78 is 0. The summed E-state index contributed by atoms with van der Waals surface area (Å²) >= 11 is 1.73. The molecule has 0 spiro atoms. The number of amides is 1. The van der Waals surface area contributed by atoms with E-state index in [0.717, 1.165) is 16.6 Å².